The third-order valence-electron chi connectivity index (χ3n) is 5.84. The first kappa shape index (κ1) is 25.4. The van der Waals surface area contributed by atoms with E-state index in [1.54, 1.807) is 18.2 Å². The van der Waals surface area contributed by atoms with E-state index in [0.29, 0.717) is 5.75 Å². The Morgan fingerprint density at radius 3 is 2.41 bits per heavy atom. The molecule has 0 aliphatic carbocycles. The molecule has 0 saturated carbocycles. The Morgan fingerprint density at radius 2 is 1.82 bits per heavy atom. The molecule has 2 aromatic rings. The number of hydrogen-bond acceptors (Lipinski definition) is 5. The van der Waals surface area contributed by atoms with Crippen LogP contribution in [0.5, 0.6) is 5.75 Å². The van der Waals surface area contributed by atoms with Crippen LogP contribution in [-0.4, -0.2) is 48.1 Å². The first-order valence-corrected chi connectivity index (χ1v) is 11.3. The van der Waals surface area contributed by atoms with Gasteiger partial charge in [-0.05, 0) is 43.0 Å². The highest BCUT2D eigenvalue weighted by atomic mass is 19.1. The summed E-state index contributed by atoms with van der Waals surface area (Å²) in [6.07, 6.45) is -0.0758. The summed E-state index contributed by atoms with van der Waals surface area (Å²) in [7, 11) is 1.46. The zero-order valence-electron chi connectivity index (χ0n) is 20.5. The predicted molar refractivity (Wildman–Crippen MR) is 128 cm³/mol. The third-order valence-corrected chi connectivity index (χ3v) is 5.84. The zero-order chi connectivity index (χ0) is 25.2. The van der Waals surface area contributed by atoms with Crippen LogP contribution in [0.1, 0.15) is 57.4 Å². The number of methoxy groups -OCH3 is 1. The van der Waals surface area contributed by atoms with E-state index >= 15 is 0 Å². The number of ketones is 1. The van der Waals surface area contributed by atoms with Crippen molar-refractivity contribution in [2.75, 3.05) is 20.3 Å². The summed E-state index contributed by atoms with van der Waals surface area (Å²) in [5.74, 6) is -2.33. The first-order chi connectivity index (χ1) is 16.0. The lowest BCUT2D eigenvalue weighted by atomic mass is 9.85. The van der Waals surface area contributed by atoms with Crippen molar-refractivity contribution in [1.29, 1.82) is 0 Å². The minimum absolute atomic E-state index is 0.0672. The Balaban J connectivity index is 2.22. The minimum atomic E-state index is -1.10. The van der Waals surface area contributed by atoms with Crippen LogP contribution < -0.4 is 4.74 Å². The molecule has 0 bridgehead atoms. The molecule has 0 radical (unpaired) electrons. The second-order valence-corrected chi connectivity index (χ2v) is 9.60. The number of ether oxygens (including phenoxy) is 2. The van der Waals surface area contributed by atoms with Gasteiger partial charge >= 0.3 is 0 Å². The molecule has 6 nitrogen and oxygen atoms in total. The summed E-state index contributed by atoms with van der Waals surface area (Å²) in [5, 5.41) is 11.4. The number of aliphatic hydroxyl groups excluding tert-OH is 1. The standard InChI is InChI=1S/C27H32FNO5/c1-16(2)34-14-13-29-23(18-9-7-8-10-20(18)28)22(25(31)26(29)32)24(30)19-15-17(27(3,4)5)11-12-21(19)33-6/h7-12,15-16,23,30H,13-14H2,1-6H3/b24-22+. The molecular weight excluding hydrogens is 437 g/mol. The van der Waals surface area contributed by atoms with Crippen LogP contribution in [0.15, 0.2) is 48.0 Å². The van der Waals surface area contributed by atoms with E-state index in [1.807, 2.05) is 40.7 Å². The maximum absolute atomic E-state index is 14.9. The molecule has 182 valence electrons. The van der Waals surface area contributed by atoms with Crippen molar-refractivity contribution in [3.63, 3.8) is 0 Å². The van der Waals surface area contributed by atoms with Gasteiger partial charge in [-0.15, -0.1) is 0 Å². The molecule has 3 rings (SSSR count). The van der Waals surface area contributed by atoms with Gasteiger partial charge in [-0.25, -0.2) is 4.39 Å². The van der Waals surface area contributed by atoms with Crippen molar-refractivity contribution in [3.8, 4) is 5.75 Å². The summed E-state index contributed by atoms with van der Waals surface area (Å²) < 4.78 is 25.9. The summed E-state index contributed by atoms with van der Waals surface area (Å²) in [4.78, 5) is 27.5. The normalized spacial score (nSPS) is 18.1. The number of Topliss-reactive ketones (excluding diaryl/α,β-unsaturated/α-hetero) is 1. The van der Waals surface area contributed by atoms with Crippen molar-refractivity contribution in [3.05, 3.63) is 70.5 Å². The second-order valence-electron chi connectivity index (χ2n) is 9.60. The van der Waals surface area contributed by atoms with Gasteiger partial charge in [0, 0.05) is 12.1 Å². The van der Waals surface area contributed by atoms with Crippen LogP contribution in [0.4, 0.5) is 4.39 Å². The Labute approximate surface area is 200 Å². The lowest BCUT2D eigenvalue weighted by Gasteiger charge is -2.26. The lowest BCUT2D eigenvalue weighted by Crippen LogP contribution is -2.33. The van der Waals surface area contributed by atoms with E-state index in [1.165, 1.54) is 30.2 Å². The number of rotatable bonds is 7. The van der Waals surface area contributed by atoms with Gasteiger partial charge in [0.2, 0.25) is 0 Å². The molecule has 7 heteroatoms. The molecule has 1 saturated heterocycles. The van der Waals surface area contributed by atoms with Crippen LogP contribution >= 0.6 is 0 Å². The molecule has 1 fully saturated rings. The van der Waals surface area contributed by atoms with Crippen molar-refractivity contribution in [1.82, 2.24) is 4.90 Å². The molecule has 0 aromatic heterocycles. The van der Waals surface area contributed by atoms with Crippen LogP contribution in [0.2, 0.25) is 0 Å². The van der Waals surface area contributed by atoms with E-state index in [4.69, 9.17) is 9.47 Å². The Bertz CT molecular complexity index is 1120. The Hall–Kier alpha value is -3.19. The van der Waals surface area contributed by atoms with Crippen LogP contribution in [0.3, 0.4) is 0 Å². The van der Waals surface area contributed by atoms with E-state index in [0.717, 1.165) is 5.56 Å². The smallest absolute Gasteiger partial charge is 0.295 e. The maximum atomic E-state index is 14.9. The van der Waals surface area contributed by atoms with Crippen molar-refractivity contribution in [2.24, 2.45) is 0 Å². The van der Waals surface area contributed by atoms with Crippen LogP contribution in [0.25, 0.3) is 5.76 Å². The van der Waals surface area contributed by atoms with Gasteiger partial charge in [-0.3, -0.25) is 9.59 Å². The van der Waals surface area contributed by atoms with Gasteiger partial charge in [0.25, 0.3) is 11.7 Å². The predicted octanol–water partition coefficient (Wildman–Crippen LogP) is 4.98. The van der Waals surface area contributed by atoms with Crippen LogP contribution in [-0.2, 0) is 19.7 Å². The highest BCUT2D eigenvalue weighted by Crippen LogP contribution is 2.42. The largest absolute Gasteiger partial charge is 0.507 e. The molecule has 1 aliphatic heterocycles. The van der Waals surface area contributed by atoms with E-state index in [2.05, 4.69) is 0 Å². The average Bonchev–Trinajstić information content (AvgIpc) is 3.02. The molecule has 1 atom stereocenters. The van der Waals surface area contributed by atoms with Gasteiger partial charge in [0.05, 0.1) is 37.0 Å². The number of aliphatic hydroxyl groups is 1. The molecule has 0 spiro atoms. The highest BCUT2D eigenvalue weighted by molar-refractivity contribution is 6.46. The molecule has 34 heavy (non-hydrogen) atoms. The van der Waals surface area contributed by atoms with Crippen molar-refractivity contribution >= 4 is 17.4 Å². The van der Waals surface area contributed by atoms with Gasteiger partial charge in [0.15, 0.2) is 0 Å². The monoisotopic (exact) mass is 469 g/mol. The van der Waals surface area contributed by atoms with Gasteiger partial charge in [-0.2, -0.15) is 0 Å². The third kappa shape index (κ3) is 4.99. The number of carbonyl (C=O) groups is 2. The number of halogens is 1. The summed E-state index contributed by atoms with van der Waals surface area (Å²) in [5.41, 5.74) is 0.874. The fourth-order valence-electron chi connectivity index (χ4n) is 4.02. The quantitative estimate of drug-likeness (QED) is 0.352. The molecule has 1 amide bonds. The fourth-order valence-corrected chi connectivity index (χ4v) is 4.02. The summed E-state index contributed by atoms with van der Waals surface area (Å²) >= 11 is 0. The zero-order valence-corrected chi connectivity index (χ0v) is 20.5. The van der Waals surface area contributed by atoms with E-state index in [-0.39, 0.29) is 41.4 Å². The number of hydrogen-bond donors (Lipinski definition) is 1. The molecule has 1 unspecified atom stereocenters. The first-order valence-electron chi connectivity index (χ1n) is 11.3. The van der Waals surface area contributed by atoms with E-state index < -0.39 is 29.3 Å². The average molecular weight is 470 g/mol. The second kappa shape index (κ2) is 9.97. The number of carbonyl (C=O) groups excluding carboxylic acids is 2. The summed E-state index contributed by atoms with van der Waals surface area (Å²) in [6.45, 7) is 10.0. The number of likely N-dealkylation sites (tertiary alicyclic amines) is 1. The highest BCUT2D eigenvalue weighted by Gasteiger charge is 2.47. The number of nitrogens with zero attached hydrogens (tertiary/aromatic N) is 1. The fraction of sp³-hybridized carbons (Fsp3) is 0.407. The Morgan fingerprint density at radius 1 is 1.15 bits per heavy atom. The number of benzene rings is 2. The SMILES string of the molecule is COc1ccc(C(C)(C)C)cc1/C(O)=C1\C(=O)C(=O)N(CCOC(C)C)C1c1ccccc1F. The van der Waals surface area contributed by atoms with Gasteiger partial charge in [0.1, 0.15) is 17.3 Å². The maximum Gasteiger partial charge on any atom is 0.295 e. The molecule has 2 aromatic carbocycles. The molecule has 1 heterocycles. The molecule has 1 N–H and O–H groups in total. The lowest BCUT2D eigenvalue weighted by molar-refractivity contribution is -0.140. The molecule has 1 aliphatic rings. The van der Waals surface area contributed by atoms with Gasteiger partial charge < -0.3 is 19.5 Å². The minimum Gasteiger partial charge on any atom is -0.507 e. The topological polar surface area (TPSA) is 76.1 Å². The molecular formula is C27H32FNO5. The van der Waals surface area contributed by atoms with Crippen molar-refractivity contribution in [2.45, 2.75) is 52.2 Å². The Kier molecular flexibility index (Phi) is 7.46. The summed E-state index contributed by atoms with van der Waals surface area (Å²) in [6, 6.07) is 10.2. The number of amides is 1. The van der Waals surface area contributed by atoms with Crippen LogP contribution in [0, 0.1) is 5.82 Å². The van der Waals surface area contributed by atoms with Gasteiger partial charge in [-0.1, -0.05) is 45.0 Å². The van der Waals surface area contributed by atoms with Crippen molar-refractivity contribution < 1.29 is 28.6 Å². The van der Waals surface area contributed by atoms with E-state index in [9.17, 15) is 19.1 Å².